The number of methoxy groups -OCH3 is 1. The predicted octanol–water partition coefficient (Wildman–Crippen LogP) is 3.42. The zero-order valence-electron chi connectivity index (χ0n) is 14.7. The van der Waals surface area contributed by atoms with Crippen LogP contribution in [0, 0.1) is 0 Å². The third-order valence-electron chi connectivity index (χ3n) is 3.92. The normalized spacial score (nSPS) is 14.0. The minimum absolute atomic E-state index is 0.179. The number of thioether (sulfide) groups is 1. The molecule has 0 aliphatic carbocycles. The van der Waals surface area contributed by atoms with Crippen LogP contribution < -0.4 is 5.73 Å². The number of rotatable bonds is 10. The maximum absolute atomic E-state index is 11.2. The third-order valence-corrected chi connectivity index (χ3v) is 4.84. The van der Waals surface area contributed by atoms with Crippen LogP contribution in [0.25, 0.3) is 0 Å². The van der Waals surface area contributed by atoms with Gasteiger partial charge in [0.15, 0.2) is 5.17 Å². The van der Waals surface area contributed by atoms with E-state index < -0.39 is 0 Å². The SMILES string of the molecule is COC(=O)CCc1cccc(COCCCCC2=CN=C(N)SC2)c1. The van der Waals surface area contributed by atoms with E-state index in [1.807, 2.05) is 24.4 Å². The number of ether oxygens (including phenoxy) is 2. The van der Waals surface area contributed by atoms with Crippen LogP contribution in [0.1, 0.15) is 36.8 Å². The number of carbonyl (C=O) groups is 1. The first-order valence-electron chi connectivity index (χ1n) is 8.53. The Bertz CT molecular complexity index is 629. The van der Waals surface area contributed by atoms with Gasteiger partial charge in [-0.25, -0.2) is 4.99 Å². The number of esters is 1. The first kappa shape index (κ1) is 19.5. The van der Waals surface area contributed by atoms with Gasteiger partial charge >= 0.3 is 5.97 Å². The Hall–Kier alpha value is -1.79. The van der Waals surface area contributed by atoms with E-state index in [-0.39, 0.29) is 5.97 Å². The Labute approximate surface area is 153 Å². The molecule has 0 bridgehead atoms. The summed E-state index contributed by atoms with van der Waals surface area (Å²) in [6, 6.07) is 8.17. The molecule has 0 saturated heterocycles. The largest absolute Gasteiger partial charge is 0.469 e. The van der Waals surface area contributed by atoms with E-state index in [0.717, 1.165) is 42.7 Å². The summed E-state index contributed by atoms with van der Waals surface area (Å²) >= 11 is 1.60. The fourth-order valence-corrected chi connectivity index (χ4v) is 3.18. The van der Waals surface area contributed by atoms with E-state index in [0.29, 0.717) is 24.6 Å². The molecule has 0 radical (unpaired) electrons. The van der Waals surface area contributed by atoms with Crippen molar-refractivity contribution in [1.82, 2.24) is 0 Å². The average Bonchev–Trinajstić information content (AvgIpc) is 2.64. The van der Waals surface area contributed by atoms with E-state index in [1.54, 1.807) is 11.8 Å². The van der Waals surface area contributed by atoms with E-state index in [4.69, 9.17) is 10.5 Å². The number of nitrogens with zero attached hydrogens (tertiary/aromatic N) is 1. The number of carbonyl (C=O) groups excluding carboxylic acids is 1. The lowest BCUT2D eigenvalue weighted by Crippen LogP contribution is -2.10. The molecule has 0 saturated carbocycles. The number of hydrogen-bond donors (Lipinski definition) is 1. The maximum Gasteiger partial charge on any atom is 0.305 e. The zero-order valence-corrected chi connectivity index (χ0v) is 15.5. The highest BCUT2D eigenvalue weighted by molar-refractivity contribution is 8.14. The average molecular weight is 362 g/mol. The second-order valence-electron chi connectivity index (χ2n) is 5.95. The molecule has 1 aliphatic heterocycles. The molecule has 0 unspecified atom stereocenters. The van der Waals surface area contributed by atoms with E-state index >= 15 is 0 Å². The van der Waals surface area contributed by atoms with Crippen LogP contribution in [0.15, 0.2) is 41.0 Å². The van der Waals surface area contributed by atoms with Gasteiger partial charge in [0, 0.05) is 25.0 Å². The van der Waals surface area contributed by atoms with Crippen molar-refractivity contribution < 1.29 is 14.3 Å². The Kier molecular flexibility index (Phi) is 8.55. The molecule has 0 aromatic heterocycles. The minimum Gasteiger partial charge on any atom is -0.469 e. The van der Waals surface area contributed by atoms with Gasteiger partial charge in [0.2, 0.25) is 0 Å². The lowest BCUT2D eigenvalue weighted by Gasteiger charge is -2.10. The van der Waals surface area contributed by atoms with Crippen molar-refractivity contribution in [1.29, 1.82) is 0 Å². The molecule has 1 aromatic rings. The van der Waals surface area contributed by atoms with Crippen LogP contribution in [0.5, 0.6) is 0 Å². The minimum atomic E-state index is -0.179. The summed E-state index contributed by atoms with van der Waals surface area (Å²) in [5.41, 5.74) is 9.24. The Balaban J connectivity index is 1.61. The first-order chi connectivity index (χ1) is 12.2. The second-order valence-corrected chi connectivity index (χ2v) is 6.94. The highest BCUT2D eigenvalue weighted by Gasteiger charge is 2.05. The Morgan fingerprint density at radius 3 is 2.88 bits per heavy atom. The van der Waals surface area contributed by atoms with E-state index in [9.17, 15) is 4.79 Å². The second kappa shape index (κ2) is 10.9. The molecule has 1 heterocycles. The number of aliphatic imine (C=N–C) groups is 1. The van der Waals surface area contributed by atoms with Gasteiger partial charge in [-0.2, -0.15) is 0 Å². The Morgan fingerprint density at radius 1 is 1.28 bits per heavy atom. The lowest BCUT2D eigenvalue weighted by molar-refractivity contribution is -0.140. The van der Waals surface area contributed by atoms with Gasteiger partial charge in [-0.1, -0.05) is 36.0 Å². The van der Waals surface area contributed by atoms with Crippen molar-refractivity contribution in [2.75, 3.05) is 19.5 Å². The van der Waals surface area contributed by atoms with Crippen molar-refractivity contribution in [2.24, 2.45) is 10.7 Å². The molecular weight excluding hydrogens is 336 g/mol. The topological polar surface area (TPSA) is 73.9 Å². The van der Waals surface area contributed by atoms with Crippen molar-refractivity contribution in [2.45, 2.75) is 38.7 Å². The highest BCUT2D eigenvalue weighted by atomic mass is 32.2. The molecule has 0 atom stereocenters. The number of nitrogens with two attached hydrogens (primary N) is 1. The van der Waals surface area contributed by atoms with Gasteiger partial charge in [-0.05, 0) is 42.4 Å². The molecule has 2 rings (SSSR count). The van der Waals surface area contributed by atoms with Crippen LogP contribution >= 0.6 is 11.8 Å². The molecule has 1 aliphatic rings. The fraction of sp³-hybridized carbons (Fsp3) is 0.474. The van der Waals surface area contributed by atoms with Crippen molar-refractivity contribution >= 4 is 22.9 Å². The lowest BCUT2D eigenvalue weighted by atomic mass is 10.1. The summed E-state index contributed by atoms with van der Waals surface area (Å²) in [7, 11) is 1.42. The number of benzene rings is 1. The van der Waals surface area contributed by atoms with Crippen molar-refractivity contribution in [3.05, 3.63) is 47.2 Å². The van der Waals surface area contributed by atoms with Gasteiger partial charge in [0.1, 0.15) is 0 Å². The van der Waals surface area contributed by atoms with Gasteiger partial charge in [-0.3, -0.25) is 4.79 Å². The molecule has 2 N–H and O–H groups in total. The monoisotopic (exact) mass is 362 g/mol. The molecule has 1 aromatic carbocycles. The van der Waals surface area contributed by atoms with Crippen LogP contribution in [-0.4, -0.2) is 30.6 Å². The van der Waals surface area contributed by atoms with Gasteiger partial charge in [0.05, 0.1) is 13.7 Å². The number of aryl methyl sites for hydroxylation is 1. The van der Waals surface area contributed by atoms with Gasteiger partial charge in [-0.15, -0.1) is 0 Å². The van der Waals surface area contributed by atoms with Crippen LogP contribution in [-0.2, 0) is 27.3 Å². The molecule has 0 amide bonds. The summed E-state index contributed by atoms with van der Waals surface area (Å²) in [5, 5.41) is 0.654. The van der Waals surface area contributed by atoms with Crippen LogP contribution in [0.2, 0.25) is 0 Å². The third kappa shape index (κ3) is 7.75. The summed E-state index contributed by atoms with van der Waals surface area (Å²) in [6.07, 6.45) is 6.18. The molecule has 25 heavy (non-hydrogen) atoms. The van der Waals surface area contributed by atoms with E-state index in [2.05, 4.69) is 15.8 Å². The van der Waals surface area contributed by atoms with Crippen LogP contribution in [0.3, 0.4) is 0 Å². The number of hydrogen-bond acceptors (Lipinski definition) is 6. The van der Waals surface area contributed by atoms with Crippen molar-refractivity contribution in [3.63, 3.8) is 0 Å². The highest BCUT2D eigenvalue weighted by Crippen LogP contribution is 2.18. The molecule has 5 nitrogen and oxygen atoms in total. The summed E-state index contributed by atoms with van der Waals surface area (Å²) in [6.45, 7) is 1.35. The van der Waals surface area contributed by atoms with Gasteiger partial charge < -0.3 is 15.2 Å². The van der Waals surface area contributed by atoms with Crippen LogP contribution in [0.4, 0.5) is 0 Å². The molecule has 136 valence electrons. The molecule has 0 fully saturated rings. The quantitative estimate of drug-likeness (QED) is 0.510. The smallest absolute Gasteiger partial charge is 0.305 e. The fourth-order valence-electron chi connectivity index (χ4n) is 2.50. The summed E-state index contributed by atoms with van der Waals surface area (Å²) in [4.78, 5) is 15.3. The van der Waals surface area contributed by atoms with Gasteiger partial charge in [0.25, 0.3) is 0 Å². The molecule has 0 spiro atoms. The maximum atomic E-state index is 11.2. The zero-order chi connectivity index (χ0) is 17.9. The van der Waals surface area contributed by atoms with E-state index in [1.165, 1.54) is 12.7 Å². The predicted molar refractivity (Wildman–Crippen MR) is 102 cm³/mol. The first-order valence-corrected chi connectivity index (χ1v) is 9.52. The molecular formula is C19H26N2O3S. The standard InChI is InChI=1S/C19H26N2O3S/c1-23-18(22)9-8-15-6-4-7-16(11-15)13-24-10-3-2-5-17-12-21-19(20)25-14-17/h4,6-7,11-12H,2-3,5,8-10,13-14H2,1H3,(H2,20,21). The summed E-state index contributed by atoms with van der Waals surface area (Å²) < 4.78 is 10.4. The summed E-state index contributed by atoms with van der Waals surface area (Å²) in [5.74, 6) is 0.774. The number of unbranched alkanes of at least 4 members (excludes halogenated alkanes) is 1. The number of amidine groups is 1. The van der Waals surface area contributed by atoms with Crippen molar-refractivity contribution in [3.8, 4) is 0 Å². The Morgan fingerprint density at radius 2 is 2.12 bits per heavy atom. The molecule has 6 heteroatoms.